The fraction of sp³-hybridized carbons (Fsp3) is 0.889. The van der Waals surface area contributed by atoms with Gasteiger partial charge in [0.2, 0.25) is 5.91 Å². The lowest BCUT2D eigenvalue weighted by atomic mass is 10.2. The molecule has 4 nitrogen and oxygen atoms in total. The summed E-state index contributed by atoms with van der Waals surface area (Å²) in [5.74, 6) is -0.0256. The fourth-order valence-electron chi connectivity index (χ4n) is 1.39. The lowest BCUT2D eigenvalue weighted by Gasteiger charge is -2.15. The highest BCUT2D eigenvalue weighted by Gasteiger charge is 2.28. The maximum atomic E-state index is 11.5. The van der Waals surface area contributed by atoms with Crippen molar-refractivity contribution in [3.8, 4) is 0 Å². The number of carbonyl (C=O) groups is 1. The van der Waals surface area contributed by atoms with E-state index >= 15 is 0 Å². The molecule has 1 fully saturated rings. The molecule has 13 heavy (non-hydrogen) atoms. The summed E-state index contributed by atoms with van der Waals surface area (Å²) in [6.07, 6.45) is 1.74. The first-order chi connectivity index (χ1) is 6.13. The number of nitrogens with one attached hydrogen (secondary N) is 1. The van der Waals surface area contributed by atoms with E-state index in [1.807, 2.05) is 13.8 Å². The molecule has 0 saturated carbocycles. The van der Waals surface area contributed by atoms with Crippen LogP contribution < -0.4 is 11.1 Å². The van der Waals surface area contributed by atoms with E-state index in [-0.39, 0.29) is 24.2 Å². The molecule has 0 aromatic carbocycles. The van der Waals surface area contributed by atoms with Crippen LogP contribution >= 0.6 is 0 Å². The van der Waals surface area contributed by atoms with Gasteiger partial charge in [-0.2, -0.15) is 0 Å². The molecule has 1 aliphatic heterocycles. The quantitative estimate of drug-likeness (QED) is 0.653. The largest absolute Gasteiger partial charge is 0.365 e. The number of carbonyl (C=O) groups excluding carboxylic acids is 1. The second-order valence-electron chi connectivity index (χ2n) is 3.66. The molecule has 76 valence electrons. The highest BCUT2D eigenvalue weighted by atomic mass is 16.5. The number of hydrogen-bond acceptors (Lipinski definition) is 3. The molecule has 0 aromatic rings. The average molecular weight is 186 g/mol. The van der Waals surface area contributed by atoms with Crippen LogP contribution in [0.3, 0.4) is 0 Å². The van der Waals surface area contributed by atoms with E-state index in [0.29, 0.717) is 6.54 Å². The summed E-state index contributed by atoms with van der Waals surface area (Å²) in [5, 5.41) is 2.80. The van der Waals surface area contributed by atoms with Gasteiger partial charge in [0.25, 0.3) is 0 Å². The number of ether oxygens (including phenoxy) is 1. The molecule has 1 heterocycles. The van der Waals surface area contributed by atoms with Gasteiger partial charge in [0.1, 0.15) is 6.10 Å². The van der Waals surface area contributed by atoms with Crippen molar-refractivity contribution < 1.29 is 9.53 Å². The summed E-state index contributed by atoms with van der Waals surface area (Å²) in [6.45, 7) is 4.34. The molecule has 4 heteroatoms. The lowest BCUT2D eigenvalue weighted by molar-refractivity contribution is -0.132. The predicted octanol–water partition coefficient (Wildman–Crippen LogP) is 0.0173. The minimum atomic E-state index is -0.260. The molecule has 1 saturated heterocycles. The highest BCUT2D eigenvalue weighted by molar-refractivity contribution is 5.81. The van der Waals surface area contributed by atoms with Crippen LogP contribution in [0.25, 0.3) is 0 Å². The Morgan fingerprint density at radius 1 is 1.69 bits per heavy atom. The minimum absolute atomic E-state index is 0.0256. The first kappa shape index (κ1) is 10.5. The molecule has 0 aliphatic carbocycles. The first-order valence-electron chi connectivity index (χ1n) is 4.79. The molecule has 2 unspecified atom stereocenters. The van der Waals surface area contributed by atoms with Crippen molar-refractivity contribution in [2.45, 2.75) is 44.9 Å². The Morgan fingerprint density at radius 3 is 2.85 bits per heavy atom. The van der Waals surface area contributed by atoms with E-state index in [1.54, 1.807) is 0 Å². The van der Waals surface area contributed by atoms with Gasteiger partial charge in [-0.1, -0.05) is 0 Å². The van der Waals surface area contributed by atoms with Crippen molar-refractivity contribution >= 4 is 5.91 Å². The van der Waals surface area contributed by atoms with Gasteiger partial charge >= 0.3 is 0 Å². The van der Waals surface area contributed by atoms with E-state index in [9.17, 15) is 4.79 Å². The van der Waals surface area contributed by atoms with Gasteiger partial charge in [-0.05, 0) is 26.7 Å². The number of hydrogen-bond donors (Lipinski definition) is 2. The Labute approximate surface area is 78.8 Å². The zero-order valence-corrected chi connectivity index (χ0v) is 8.25. The molecular formula is C9H18N2O2. The Balaban J connectivity index is 2.31. The van der Waals surface area contributed by atoms with Gasteiger partial charge in [-0.3, -0.25) is 4.79 Å². The monoisotopic (exact) mass is 186 g/mol. The smallest absolute Gasteiger partial charge is 0.249 e. The SMILES string of the molecule is CC1CCC(C(=O)N[C@H](C)CN)O1. The van der Waals surface area contributed by atoms with Gasteiger partial charge in [-0.25, -0.2) is 0 Å². The summed E-state index contributed by atoms with van der Waals surface area (Å²) in [4.78, 5) is 11.5. The highest BCUT2D eigenvalue weighted by Crippen LogP contribution is 2.18. The standard InChI is InChI=1S/C9H18N2O2/c1-6(5-10)11-9(12)8-4-3-7(2)13-8/h6-8H,3-5,10H2,1-2H3,(H,11,12)/t6-,7?,8?/m1/s1. The molecule has 3 atom stereocenters. The van der Waals surface area contributed by atoms with Crippen LogP contribution in [0.4, 0.5) is 0 Å². The number of nitrogens with two attached hydrogens (primary N) is 1. The van der Waals surface area contributed by atoms with Crippen molar-refractivity contribution in [1.29, 1.82) is 0 Å². The number of amides is 1. The topological polar surface area (TPSA) is 64.4 Å². The Morgan fingerprint density at radius 2 is 2.38 bits per heavy atom. The molecule has 0 radical (unpaired) electrons. The van der Waals surface area contributed by atoms with E-state index in [1.165, 1.54) is 0 Å². The Hall–Kier alpha value is -0.610. The van der Waals surface area contributed by atoms with Crippen LogP contribution in [-0.4, -0.2) is 30.7 Å². The van der Waals surface area contributed by atoms with Crippen LogP contribution in [0, 0.1) is 0 Å². The van der Waals surface area contributed by atoms with Gasteiger partial charge in [0.15, 0.2) is 0 Å². The summed E-state index contributed by atoms with van der Waals surface area (Å²) in [5.41, 5.74) is 5.39. The van der Waals surface area contributed by atoms with E-state index < -0.39 is 0 Å². The van der Waals surface area contributed by atoms with Crippen LogP contribution in [-0.2, 0) is 9.53 Å². The second-order valence-corrected chi connectivity index (χ2v) is 3.66. The van der Waals surface area contributed by atoms with Crippen LogP contribution in [0.15, 0.2) is 0 Å². The van der Waals surface area contributed by atoms with Gasteiger partial charge in [0, 0.05) is 12.6 Å². The molecule has 3 N–H and O–H groups in total. The maximum absolute atomic E-state index is 11.5. The van der Waals surface area contributed by atoms with E-state index in [0.717, 1.165) is 12.8 Å². The zero-order valence-electron chi connectivity index (χ0n) is 8.25. The second kappa shape index (κ2) is 4.58. The molecule has 1 aliphatic rings. The Bertz CT molecular complexity index is 184. The molecule has 0 spiro atoms. The normalized spacial score (nSPS) is 30.1. The van der Waals surface area contributed by atoms with E-state index in [2.05, 4.69) is 5.32 Å². The molecule has 1 amide bonds. The van der Waals surface area contributed by atoms with Crippen LogP contribution in [0.2, 0.25) is 0 Å². The molecule has 0 aromatic heterocycles. The van der Waals surface area contributed by atoms with Crippen molar-refractivity contribution in [3.05, 3.63) is 0 Å². The zero-order chi connectivity index (χ0) is 9.84. The first-order valence-corrected chi connectivity index (χ1v) is 4.79. The van der Waals surface area contributed by atoms with Gasteiger partial charge < -0.3 is 15.8 Å². The third-order valence-electron chi connectivity index (χ3n) is 2.27. The molecule has 1 rings (SSSR count). The van der Waals surface area contributed by atoms with Gasteiger partial charge in [0.05, 0.1) is 6.10 Å². The fourth-order valence-corrected chi connectivity index (χ4v) is 1.39. The maximum Gasteiger partial charge on any atom is 0.249 e. The van der Waals surface area contributed by atoms with Gasteiger partial charge in [-0.15, -0.1) is 0 Å². The predicted molar refractivity (Wildman–Crippen MR) is 50.2 cm³/mol. The van der Waals surface area contributed by atoms with Crippen molar-refractivity contribution in [1.82, 2.24) is 5.32 Å². The summed E-state index contributed by atoms with van der Waals surface area (Å²) < 4.78 is 5.42. The molecule has 0 bridgehead atoms. The van der Waals surface area contributed by atoms with Crippen molar-refractivity contribution in [2.75, 3.05) is 6.54 Å². The average Bonchev–Trinajstić information content (AvgIpc) is 2.51. The summed E-state index contributed by atoms with van der Waals surface area (Å²) in [6, 6.07) is 0.0343. The van der Waals surface area contributed by atoms with Crippen molar-refractivity contribution in [3.63, 3.8) is 0 Å². The lowest BCUT2D eigenvalue weighted by Crippen LogP contribution is -2.43. The van der Waals surface area contributed by atoms with Crippen LogP contribution in [0.5, 0.6) is 0 Å². The third kappa shape index (κ3) is 2.97. The Kier molecular flexibility index (Phi) is 3.69. The third-order valence-corrected chi connectivity index (χ3v) is 2.27. The van der Waals surface area contributed by atoms with E-state index in [4.69, 9.17) is 10.5 Å². The molecular weight excluding hydrogens is 168 g/mol. The summed E-state index contributed by atoms with van der Waals surface area (Å²) in [7, 11) is 0. The van der Waals surface area contributed by atoms with Crippen LogP contribution in [0.1, 0.15) is 26.7 Å². The summed E-state index contributed by atoms with van der Waals surface area (Å²) >= 11 is 0. The van der Waals surface area contributed by atoms with Crippen molar-refractivity contribution in [2.24, 2.45) is 5.73 Å². The number of rotatable bonds is 3. The minimum Gasteiger partial charge on any atom is -0.365 e.